The zero-order valence-electron chi connectivity index (χ0n) is 20.3. The molecular weight excluding hydrogens is 482 g/mol. The molecule has 36 heavy (non-hydrogen) atoms. The average molecular weight is 510 g/mol. The van der Waals surface area contributed by atoms with Gasteiger partial charge in [0.1, 0.15) is 10.7 Å². The van der Waals surface area contributed by atoms with Gasteiger partial charge in [-0.25, -0.2) is 9.69 Å². The third kappa shape index (κ3) is 4.99. The SMILES string of the molecule is CCCOC(=O)c1ccccc1N1C(=O)C(Cl)=C(Nc2cccc(C(=O)N3CCCCC3C)c2)C1=O. The molecule has 1 atom stereocenters. The Labute approximate surface area is 214 Å². The van der Waals surface area contributed by atoms with Crippen molar-refractivity contribution in [3.8, 4) is 0 Å². The van der Waals surface area contributed by atoms with Crippen LogP contribution in [0.25, 0.3) is 0 Å². The van der Waals surface area contributed by atoms with Crippen LogP contribution in [0.5, 0.6) is 0 Å². The van der Waals surface area contributed by atoms with Crippen molar-refractivity contribution in [2.45, 2.75) is 45.6 Å². The average Bonchev–Trinajstić information content (AvgIpc) is 3.10. The summed E-state index contributed by atoms with van der Waals surface area (Å²) in [5, 5.41) is 2.60. The van der Waals surface area contributed by atoms with Crippen LogP contribution in [0.4, 0.5) is 11.4 Å². The van der Waals surface area contributed by atoms with Crippen LogP contribution in [0.2, 0.25) is 0 Å². The number of rotatable bonds is 7. The van der Waals surface area contributed by atoms with Gasteiger partial charge in [0.25, 0.3) is 17.7 Å². The fourth-order valence-electron chi connectivity index (χ4n) is 4.38. The van der Waals surface area contributed by atoms with Gasteiger partial charge < -0.3 is 15.0 Å². The van der Waals surface area contributed by atoms with E-state index in [1.165, 1.54) is 12.1 Å². The first kappa shape index (κ1) is 25.4. The number of nitrogens with one attached hydrogen (secondary N) is 1. The van der Waals surface area contributed by atoms with Crippen LogP contribution in [-0.4, -0.2) is 47.8 Å². The molecule has 0 bridgehead atoms. The summed E-state index contributed by atoms with van der Waals surface area (Å²) >= 11 is 6.29. The minimum absolute atomic E-state index is 0.0825. The number of halogens is 1. The second-order valence-corrected chi connectivity index (χ2v) is 9.21. The van der Waals surface area contributed by atoms with E-state index >= 15 is 0 Å². The Hall–Kier alpha value is -3.65. The number of esters is 1. The van der Waals surface area contributed by atoms with Crippen LogP contribution >= 0.6 is 11.6 Å². The van der Waals surface area contributed by atoms with E-state index in [9.17, 15) is 19.2 Å². The number of carbonyl (C=O) groups excluding carboxylic acids is 4. The highest BCUT2D eigenvalue weighted by Gasteiger charge is 2.40. The first-order chi connectivity index (χ1) is 17.3. The van der Waals surface area contributed by atoms with Gasteiger partial charge in [-0.3, -0.25) is 14.4 Å². The van der Waals surface area contributed by atoms with E-state index in [1.54, 1.807) is 36.4 Å². The lowest BCUT2D eigenvalue weighted by atomic mass is 10.0. The van der Waals surface area contributed by atoms with Crippen molar-refractivity contribution in [2.24, 2.45) is 0 Å². The van der Waals surface area contributed by atoms with Crippen molar-refractivity contribution < 1.29 is 23.9 Å². The van der Waals surface area contributed by atoms with Crippen LogP contribution < -0.4 is 10.2 Å². The van der Waals surface area contributed by atoms with Crippen LogP contribution in [0.15, 0.2) is 59.3 Å². The van der Waals surface area contributed by atoms with E-state index in [0.717, 1.165) is 24.2 Å². The first-order valence-corrected chi connectivity index (χ1v) is 12.4. The second kappa shape index (κ2) is 11.0. The van der Waals surface area contributed by atoms with E-state index in [2.05, 4.69) is 5.32 Å². The van der Waals surface area contributed by atoms with Gasteiger partial charge in [0.2, 0.25) is 0 Å². The van der Waals surface area contributed by atoms with Gasteiger partial charge in [-0.05, 0) is 62.9 Å². The van der Waals surface area contributed by atoms with Gasteiger partial charge >= 0.3 is 5.97 Å². The summed E-state index contributed by atoms with van der Waals surface area (Å²) in [4.78, 5) is 54.6. The Morgan fingerprint density at radius 3 is 2.61 bits per heavy atom. The van der Waals surface area contributed by atoms with Crippen molar-refractivity contribution in [1.29, 1.82) is 0 Å². The maximum Gasteiger partial charge on any atom is 0.340 e. The predicted octanol–water partition coefficient (Wildman–Crippen LogP) is 4.70. The summed E-state index contributed by atoms with van der Waals surface area (Å²) in [5.74, 6) is -2.18. The summed E-state index contributed by atoms with van der Waals surface area (Å²) in [6.07, 6.45) is 3.67. The van der Waals surface area contributed by atoms with Crippen molar-refractivity contribution in [2.75, 3.05) is 23.4 Å². The Balaban J connectivity index is 1.57. The highest BCUT2D eigenvalue weighted by Crippen LogP contribution is 2.33. The zero-order chi connectivity index (χ0) is 25.8. The number of piperidine rings is 1. The molecular formula is C27H28ClN3O5. The smallest absolute Gasteiger partial charge is 0.340 e. The summed E-state index contributed by atoms with van der Waals surface area (Å²) in [5.41, 5.74) is 0.961. The number of para-hydroxylation sites is 1. The number of benzene rings is 2. The fraction of sp³-hybridized carbons (Fsp3) is 0.333. The topological polar surface area (TPSA) is 96.0 Å². The Morgan fingerprint density at radius 2 is 1.86 bits per heavy atom. The first-order valence-electron chi connectivity index (χ1n) is 12.1. The molecule has 0 aliphatic carbocycles. The third-order valence-electron chi connectivity index (χ3n) is 6.27. The molecule has 3 amide bonds. The lowest BCUT2D eigenvalue weighted by Gasteiger charge is -2.33. The van der Waals surface area contributed by atoms with Crippen LogP contribution in [0, 0.1) is 0 Å². The quantitative estimate of drug-likeness (QED) is 0.429. The number of imide groups is 1. The number of hydrogen-bond donors (Lipinski definition) is 1. The van der Waals surface area contributed by atoms with Gasteiger partial charge in [0.05, 0.1) is 17.9 Å². The lowest BCUT2D eigenvalue weighted by molar-refractivity contribution is -0.120. The zero-order valence-corrected chi connectivity index (χ0v) is 21.0. The molecule has 4 rings (SSSR count). The summed E-state index contributed by atoms with van der Waals surface area (Å²) in [6.45, 7) is 4.82. The number of anilines is 2. The normalized spacial score (nSPS) is 18.0. The van der Waals surface area contributed by atoms with Crippen molar-refractivity contribution in [3.05, 3.63) is 70.4 Å². The monoisotopic (exact) mass is 509 g/mol. The molecule has 0 saturated carbocycles. The van der Waals surface area contributed by atoms with Gasteiger partial charge in [0, 0.05) is 23.8 Å². The van der Waals surface area contributed by atoms with Crippen LogP contribution in [-0.2, 0) is 14.3 Å². The molecule has 0 spiro atoms. The molecule has 1 unspecified atom stereocenters. The number of likely N-dealkylation sites (tertiary alicyclic amines) is 1. The van der Waals surface area contributed by atoms with E-state index in [1.807, 2.05) is 18.7 Å². The van der Waals surface area contributed by atoms with Crippen molar-refractivity contribution >= 4 is 46.7 Å². The highest BCUT2D eigenvalue weighted by atomic mass is 35.5. The Kier molecular flexibility index (Phi) is 7.74. The largest absolute Gasteiger partial charge is 0.462 e. The lowest BCUT2D eigenvalue weighted by Crippen LogP contribution is -2.42. The standard InChI is InChI=1S/C27H28ClN3O5/c1-3-15-36-27(35)20-12-4-5-13-21(20)31-25(33)22(28)23(26(31)34)29-19-11-8-10-18(16-19)24(32)30-14-7-6-9-17(30)2/h4-5,8,10-13,16-17,29H,3,6-7,9,14-15H2,1-2H3. The second-order valence-electron chi connectivity index (χ2n) is 8.84. The summed E-state index contributed by atoms with van der Waals surface area (Å²) < 4.78 is 5.20. The van der Waals surface area contributed by atoms with Crippen molar-refractivity contribution in [3.63, 3.8) is 0 Å². The number of nitrogens with zero attached hydrogens (tertiary/aromatic N) is 2. The van der Waals surface area contributed by atoms with Crippen LogP contribution in [0.1, 0.15) is 60.2 Å². The molecule has 2 heterocycles. The minimum atomic E-state index is -0.755. The molecule has 8 nitrogen and oxygen atoms in total. The highest BCUT2D eigenvalue weighted by molar-refractivity contribution is 6.53. The van der Waals surface area contributed by atoms with E-state index in [0.29, 0.717) is 24.2 Å². The maximum atomic E-state index is 13.3. The molecule has 2 aromatic rings. The molecule has 2 aromatic carbocycles. The molecule has 1 N–H and O–H groups in total. The van der Waals surface area contributed by atoms with Crippen LogP contribution in [0.3, 0.4) is 0 Å². The minimum Gasteiger partial charge on any atom is -0.462 e. The molecule has 0 aromatic heterocycles. The molecule has 1 saturated heterocycles. The van der Waals surface area contributed by atoms with Gasteiger partial charge in [-0.1, -0.05) is 36.7 Å². The summed E-state index contributed by atoms with van der Waals surface area (Å²) in [6, 6.07) is 13.1. The fourth-order valence-corrected chi connectivity index (χ4v) is 4.60. The number of carbonyl (C=O) groups is 4. The van der Waals surface area contributed by atoms with E-state index in [-0.39, 0.29) is 40.5 Å². The van der Waals surface area contributed by atoms with E-state index in [4.69, 9.17) is 16.3 Å². The number of amides is 3. The predicted molar refractivity (Wildman–Crippen MR) is 137 cm³/mol. The molecule has 2 aliphatic heterocycles. The summed E-state index contributed by atoms with van der Waals surface area (Å²) in [7, 11) is 0. The molecule has 2 aliphatic rings. The maximum absolute atomic E-state index is 13.3. The molecule has 0 radical (unpaired) electrons. The molecule has 1 fully saturated rings. The van der Waals surface area contributed by atoms with Gasteiger partial charge in [-0.15, -0.1) is 0 Å². The number of hydrogen-bond acceptors (Lipinski definition) is 6. The van der Waals surface area contributed by atoms with Crippen molar-refractivity contribution in [1.82, 2.24) is 4.90 Å². The third-order valence-corrected chi connectivity index (χ3v) is 6.62. The number of ether oxygens (including phenoxy) is 1. The Bertz CT molecular complexity index is 1240. The molecule has 188 valence electrons. The Morgan fingerprint density at radius 1 is 1.08 bits per heavy atom. The molecule has 9 heteroatoms. The van der Waals surface area contributed by atoms with E-state index < -0.39 is 17.8 Å². The van der Waals surface area contributed by atoms with Gasteiger partial charge in [-0.2, -0.15) is 0 Å². The van der Waals surface area contributed by atoms with Gasteiger partial charge in [0.15, 0.2) is 0 Å².